The van der Waals surface area contributed by atoms with Crippen LogP contribution in [0.1, 0.15) is 16.7 Å². The van der Waals surface area contributed by atoms with Crippen molar-refractivity contribution in [1.82, 2.24) is 4.72 Å². The lowest BCUT2D eigenvalue weighted by atomic mass is 10.0. The van der Waals surface area contributed by atoms with E-state index in [0.717, 1.165) is 35.4 Å². The van der Waals surface area contributed by atoms with Crippen LogP contribution in [0, 0.1) is 5.92 Å². The molecule has 3 rings (SSSR count). The van der Waals surface area contributed by atoms with Crippen molar-refractivity contribution in [3.05, 3.63) is 59.2 Å². The van der Waals surface area contributed by atoms with E-state index in [2.05, 4.69) is 9.46 Å². The number of halogens is 3. The number of fused-ring (bicyclic) bond motifs is 1. The Morgan fingerprint density at radius 3 is 2.38 bits per heavy atom. The van der Waals surface area contributed by atoms with Crippen LogP contribution in [-0.4, -0.2) is 32.4 Å². The maximum atomic E-state index is 12.4. The van der Waals surface area contributed by atoms with Gasteiger partial charge in [-0.15, -0.1) is 13.2 Å². The summed E-state index contributed by atoms with van der Waals surface area (Å²) < 4.78 is 67.6. The fourth-order valence-electron chi connectivity index (χ4n) is 3.32. The number of benzene rings is 2. The van der Waals surface area contributed by atoms with Crippen molar-refractivity contribution in [2.45, 2.75) is 30.5 Å². The predicted molar refractivity (Wildman–Crippen MR) is 97.0 cm³/mol. The highest BCUT2D eigenvalue weighted by atomic mass is 32.2. The monoisotopic (exact) mass is 429 g/mol. The average molecular weight is 429 g/mol. The highest BCUT2D eigenvalue weighted by Gasteiger charge is 2.31. The summed E-state index contributed by atoms with van der Waals surface area (Å²) in [6, 6.07) is 9.42. The van der Waals surface area contributed by atoms with Gasteiger partial charge in [0.2, 0.25) is 10.0 Å². The Kier molecular flexibility index (Phi) is 5.85. The SMILES string of the molecule is O=C(O)Cc1ccc2c(c1)CC(CNS(=O)(=O)c1ccc(OC(F)(F)F)cc1)C2. The van der Waals surface area contributed by atoms with Crippen molar-refractivity contribution in [3.63, 3.8) is 0 Å². The van der Waals surface area contributed by atoms with Crippen LogP contribution in [0.3, 0.4) is 0 Å². The number of carboxylic acids is 1. The second-order valence-corrected chi connectivity index (χ2v) is 8.59. The van der Waals surface area contributed by atoms with Gasteiger partial charge < -0.3 is 9.84 Å². The molecule has 10 heteroatoms. The minimum Gasteiger partial charge on any atom is -0.481 e. The number of nitrogens with one attached hydrogen (secondary N) is 1. The summed E-state index contributed by atoms with van der Waals surface area (Å²) >= 11 is 0. The molecule has 0 amide bonds. The number of carboxylic acid groups (broad SMARTS) is 1. The molecular weight excluding hydrogens is 411 g/mol. The molecule has 0 aliphatic heterocycles. The van der Waals surface area contributed by atoms with Gasteiger partial charge >= 0.3 is 12.3 Å². The van der Waals surface area contributed by atoms with Gasteiger partial charge in [0.25, 0.3) is 0 Å². The second kappa shape index (κ2) is 8.03. The summed E-state index contributed by atoms with van der Waals surface area (Å²) in [5.74, 6) is -1.41. The van der Waals surface area contributed by atoms with E-state index < -0.39 is 28.1 Å². The zero-order valence-electron chi connectivity index (χ0n) is 15.1. The predicted octanol–water partition coefficient (Wildman–Crippen LogP) is 2.91. The fourth-order valence-corrected chi connectivity index (χ4v) is 4.44. The molecule has 0 radical (unpaired) electrons. The van der Waals surface area contributed by atoms with Gasteiger partial charge in [0, 0.05) is 6.54 Å². The van der Waals surface area contributed by atoms with E-state index in [-0.39, 0.29) is 23.8 Å². The quantitative estimate of drug-likeness (QED) is 0.706. The molecule has 0 fully saturated rings. The highest BCUT2D eigenvalue weighted by Crippen LogP contribution is 2.28. The lowest BCUT2D eigenvalue weighted by Gasteiger charge is -2.12. The molecule has 2 aromatic carbocycles. The molecule has 2 N–H and O–H groups in total. The van der Waals surface area contributed by atoms with E-state index in [1.165, 1.54) is 0 Å². The van der Waals surface area contributed by atoms with Crippen LogP contribution in [0.2, 0.25) is 0 Å². The number of ether oxygens (including phenoxy) is 1. The molecular formula is C19H18F3NO5S. The van der Waals surface area contributed by atoms with Crippen LogP contribution in [0.25, 0.3) is 0 Å². The van der Waals surface area contributed by atoms with Crippen molar-refractivity contribution < 1.29 is 36.2 Å². The molecule has 6 nitrogen and oxygen atoms in total. The van der Waals surface area contributed by atoms with E-state index in [4.69, 9.17) is 5.11 Å². The van der Waals surface area contributed by atoms with Crippen LogP contribution in [0.5, 0.6) is 5.75 Å². The minimum absolute atomic E-state index is 0.00712. The largest absolute Gasteiger partial charge is 0.573 e. The lowest BCUT2D eigenvalue weighted by molar-refractivity contribution is -0.274. The summed E-state index contributed by atoms with van der Waals surface area (Å²) in [7, 11) is -3.88. The maximum Gasteiger partial charge on any atom is 0.573 e. The number of alkyl halides is 3. The van der Waals surface area contributed by atoms with Gasteiger partial charge in [-0.2, -0.15) is 0 Å². The van der Waals surface area contributed by atoms with Gasteiger partial charge in [-0.3, -0.25) is 4.79 Å². The first-order valence-electron chi connectivity index (χ1n) is 8.70. The first kappa shape index (κ1) is 21.1. The molecule has 0 saturated carbocycles. The molecule has 29 heavy (non-hydrogen) atoms. The first-order chi connectivity index (χ1) is 13.5. The Balaban J connectivity index is 1.60. The van der Waals surface area contributed by atoms with Crippen molar-refractivity contribution >= 4 is 16.0 Å². The average Bonchev–Trinajstić information content (AvgIpc) is 3.01. The van der Waals surface area contributed by atoms with E-state index in [1.807, 2.05) is 12.1 Å². The molecule has 1 aliphatic carbocycles. The molecule has 1 atom stereocenters. The lowest BCUT2D eigenvalue weighted by Crippen LogP contribution is -2.29. The molecule has 1 unspecified atom stereocenters. The number of carbonyl (C=O) groups is 1. The minimum atomic E-state index is -4.85. The smallest absolute Gasteiger partial charge is 0.481 e. The summed E-state index contributed by atoms with van der Waals surface area (Å²) in [5.41, 5.74) is 2.75. The van der Waals surface area contributed by atoms with E-state index in [9.17, 15) is 26.4 Å². The van der Waals surface area contributed by atoms with E-state index in [1.54, 1.807) is 6.07 Å². The Hall–Kier alpha value is -2.59. The highest BCUT2D eigenvalue weighted by molar-refractivity contribution is 7.89. The normalized spacial score (nSPS) is 16.4. The first-order valence-corrected chi connectivity index (χ1v) is 10.2. The maximum absolute atomic E-state index is 12.4. The van der Waals surface area contributed by atoms with Gasteiger partial charge in [0.15, 0.2) is 0 Å². The number of hydrogen-bond acceptors (Lipinski definition) is 4. The Labute approximate surface area is 165 Å². The van der Waals surface area contributed by atoms with Crippen molar-refractivity contribution in [2.24, 2.45) is 5.92 Å². The van der Waals surface area contributed by atoms with Crippen LogP contribution in [0.15, 0.2) is 47.4 Å². The number of sulfonamides is 1. The summed E-state index contributed by atoms with van der Waals surface area (Å²) in [4.78, 5) is 10.7. The van der Waals surface area contributed by atoms with Crippen molar-refractivity contribution in [2.75, 3.05) is 6.54 Å². The molecule has 156 valence electrons. The molecule has 0 saturated heterocycles. The summed E-state index contributed by atoms with van der Waals surface area (Å²) in [6.07, 6.45) is -3.65. The van der Waals surface area contributed by atoms with Gasteiger partial charge in [0.1, 0.15) is 5.75 Å². The Morgan fingerprint density at radius 1 is 1.10 bits per heavy atom. The number of rotatable bonds is 7. The van der Waals surface area contributed by atoms with Gasteiger partial charge in [-0.05, 0) is 59.7 Å². The third kappa shape index (κ3) is 5.70. The van der Waals surface area contributed by atoms with Crippen LogP contribution < -0.4 is 9.46 Å². The summed E-state index contributed by atoms with van der Waals surface area (Å²) in [5, 5.41) is 8.88. The zero-order valence-corrected chi connectivity index (χ0v) is 15.9. The molecule has 0 aromatic heterocycles. The van der Waals surface area contributed by atoms with Crippen molar-refractivity contribution in [3.8, 4) is 5.75 Å². The fraction of sp³-hybridized carbons (Fsp3) is 0.316. The Morgan fingerprint density at radius 2 is 1.76 bits per heavy atom. The second-order valence-electron chi connectivity index (χ2n) is 6.82. The third-order valence-corrected chi connectivity index (χ3v) is 6.01. The third-order valence-electron chi connectivity index (χ3n) is 4.57. The van der Waals surface area contributed by atoms with Gasteiger partial charge in [-0.25, -0.2) is 13.1 Å². The molecule has 0 spiro atoms. The van der Waals surface area contributed by atoms with E-state index in [0.29, 0.717) is 18.4 Å². The molecule has 0 heterocycles. The number of aliphatic carboxylic acids is 1. The molecule has 0 bridgehead atoms. The topological polar surface area (TPSA) is 92.7 Å². The van der Waals surface area contributed by atoms with Gasteiger partial charge in [-0.1, -0.05) is 18.2 Å². The Bertz CT molecular complexity index is 1000. The summed E-state index contributed by atoms with van der Waals surface area (Å²) in [6.45, 7) is 0.159. The zero-order chi connectivity index (χ0) is 21.2. The van der Waals surface area contributed by atoms with Crippen LogP contribution in [0.4, 0.5) is 13.2 Å². The van der Waals surface area contributed by atoms with Gasteiger partial charge in [0.05, 0.1) is 11.3 Å². The standard InChI is InChI=1S/C19H18F3NO5S/c20-19(21,22)28-16-3-5-17(6-4-16)29(26,27)23-11-13-8-14-2-1-12(10-18(24)25)7-15(14)9-13/h1-7,13,23H,8-11H2,(H,24,25). The van der Waals surface area contributed by atoms with E-state index >= 15 is 0 Å². The van der Waals surface area contributed by atoms with Crippen LogP contribution >= 0.6 is 0 Å². The molecule has 2 aromatic rings. The van der Waals surface area contributed by atoms with Crippen LogP contribution in [-0.2, 0) is 34.1 Å². The number of hydrogen-bond donors (Lipinski definition) is 2. The molecule has 1 aliphatic rings. The van der Waals surface area contributed by atoms with Crippen molar-refractivity contribution in [1.29, 1.82) is 0 Å².